The second kappa shape index (κ2) is 3.33. The molecule has 0 bridgehead atoms. The van der Waals surface area contributed by atoms with E-state index >= 15 is 0 Å². The van der Waals surface area contributed by atoms with Crippen molar-refractivity contribution in [3.63, 3.8) is 0 Å². The molecule has 5 nitrogen and oxygen atoms in total. The van der Waals surface area contributed by atoms with Crippen LogP contribution in [0.4, 0.5) is 9.57 Å². The number of para-hydroxylation sites is 1. The molecular weight excluding hydrogens is 213 g/mol. The first kappa shape index (κ1) is 10.6. The SMILES string of the molecule is Cc1cccc(S(=O)(=O)F)c1[N+](=O)[O-]. The van der Waals surface area contributed by atoms with Crippen molar-refractivity contribution < 1.29 is 17.2 Å². The number of hydrogen-bond acceptors (Lipinski definition) is 4. The van der Waals surface area contributed by atoms with Crippen molar-refractivity contribution in [1.82, 2.24) is 0 Å². The number of rotatable bonds is 2. The maximum atomic E-state index is 12.6. The molecule has 0 atom stereocenters. The highest BCUT2D eigenvalue weighted by Crippen LogP contribution is 2.28. The number of hydrogen-bond donors (Lipinski definition) is 0. The van der Waals surface area contributed by atoms with Crippen LogP contribution in [-0.2, 0) is 10.2 Å². The molecule has 14 heavy (non-hydrogen) atoms. The van der Waals surface area contributed by atoms with Crippen molar-refractivity contribution in [2.45, 2.75) is 11.8 Å². The van der Waals surface area contributed by atoms with Gasteiger partial charge < -0.3 is 0 Å². The fraction of sp³-hybridized carbons (Fsp3) is 0.143. The van der Waals surface area contributed by atoms with Crippen molar-refractivity contribution in [2.75, 3.05) is 0 Å². The van der Waals surface area contributed by atoms with E-state index in [1.807, 2.05) is 0 Å². The van der Waals surface area contributed by atoms with Crippen LogP contribution in [0.2, 0.25) is 0 Å². The van der Waals surface area contributed by atoms with Crippen LogP contribution in [0.5, 0.6) is 0 Å². The molecular formula is C7H6FNO4S. The van der Waals surface area contributed by atoms with E-state index in [4.69, 9.17) is 0 Å². The lowest BCUT2D eigenvalue weighted by molar-refractivity contribution is -0.388. The predicted molar refractivity (Wildman–Crippen MR) is 46.1 cm³/mol. The monoisotopic (exact) mass is 219 g/mol. The fourth-order valence-corrected chi connectivity index (χ4v) is 1.77. The maximum absolute atomic E-state index is 12.6. The molecule has 7 heteroatoms. The summed E-state index contributed by atoms with van der Waals surface area (Å²) < 4.78 is 33.7. The Kier molecular flexibility index (Phi) is 2.52. The van der Waals surface area contributed by atoms with Crippen LogP contribution in [-0.4, -0.2) is 13.3 Å². The van der Waals surface area contributed by atoms with Crippen molar-refractivity contribution >= 4 is 15.9 Å². The lowest BCUT2D eigenvalue weighted by atomic mass is 10.2. The first-order valence-corrected chi connectivity index (χ1v) is 4.91. The smallest absolute Gasteiger partial charge is 0.258 e. The van der Waals surface area contributed by atoms with Gasteiger partial charge in [-0.3, -0.25) is 10.1 Å². The highest BCUT2D eigenvalue weighted by molar-refractivity contribution is 7.86. The van der Waals surface area contributed by atoms with E-state index in [-0.39, 0.29) is 5.56 Å². The van der Waals surface area contributed by atoms with E-state index < -0.39 is 25.7 Å². The summed E-state index contributed by atoms with van der Waals surface area (Å²) in [5, 5.41) is 10.5. The summed E-state index contributed by atoms with van der Waals surface area (Å²) in [6, 6.07) is 3.45. The Bertz CT molecular complexity index is 482. The molecule has 0 radical (unpaired) electrons. The topological polar surface area (TPSA) is 77.3 Å². The Hall–Kier alpha value is -1.50. The highest BCUT2D eigenvalue weighted by Gasteiger charge is 2.26. The summed E-state index contributed by atoms with van der Waals surface area (Å²) in [6.45, 7) is 1.34. The highest BCUT2D eigenvalue weighted by atomic mass is 32.3. The Balaban J connectivity index is 3.61. The van der Waals surface area contributed by atoms with Crippen LogP contribution in [0.3, 0.4) is 0 Å². The van der Waals surface area contributed by atoms with E-state index in [1.54, 1.807) is 0 Å². The van der Waals surface area contributed by atoms with Crippen molar-refractivity contribution in [3.8, 4) is 0 Å². The van der Waals surface area contributed by atoms with Crippen LogP contribution in [0, 0.1) is 17.0 Å². The van der Waals surface area contributed by atoms with Gasteiger partial charge in [0.05, 0.1) is 4.92 Å². The quantitative estimate of drug-likeness (QED) is 0.429. The Morgan fingerprint density at radius 1 is 1.43 bits per heavy atom. The van der Waals surface area contributed by atoms with Gasteiger partial charge in [-0.25, -0.2) is 0 Å². The summed E-state index contributed by atoms with van der Waals surface area (Å²) in [4.78, 5) is 8.65. The number of nitro benzene ring substituents is 1. The average Bonchev–Trinajstić information content (AvgIpc) is 2.01. The van der Waals surface area contributed by atoms with E-state index in [2.05, 4.69) is 0 Å². The molecule has 0 saturated carbocycles. The van der Waals surface area contributed by atoms with E-state index in [0.29, 0.717) is 0 Å². The molecule has 0 aliphatic heterocycles. The van der Waals surface area contributed by atoms with Crippen molar-refractivity contribution in [3.05, 3.63) is 33.9 Å². The summed E-state index contributed by atoms with van der Waals surface area (Å²) in [7, 11) is -5.04. The summed E-state index contributed by atoms with van der Waals surface area (Å²) in [6.07, 6.45) is 0. The van der Waals surface area contributed by atoms with Gasteiger partial charge in [0.2, 0.25) is 0 Å². The van der Waals surface area contributed by atoms with Gasteiger partial charge in [-0.15, -0.1) is 3.89 Å². The van der Waals surface area contributed by atoms with Crippen molar-refractivity contribution in [2.24, 2.45) is 0 Å². The minimum Gasteiger partial charge on any atom is -0.258 e. The third-order valence-electron chi connectivity index (χ3n) is 1.65. The zero-order valence-corrected chi connectivity index (χ0v) is 7.91. The maximum Gasteiger partial charge on any atom is 0.338 e. The lowest BCUT2D eigenvalue weighted by Crippen LogP contribution is -2.01. The molecule has 0 fully saturated rings. The molecule has 1 aromatic rings. The minimum atomic E-state index is -5.04. The number of nitrogens with zero attached hydrogens (tertiary/aromatic N) is 1. The van der Waals surface area contributed by atoms with Crippen molar-refractivity contribution in [1.29, 1.82) is 0 Å². The molecule has 0 N–H and O–H groups in total. The second-order valence-electron chi connectivity index (χ2n) is 2.62. The first-order valence-electron chi connectivity index (χ1n) is 3.52. The number of nitro groups is 1. The van der Waals surface area contributed by atoms with Gasteiger partial charge in [-0.05, 0) is 13.0 Å². The molecule has 1 rings (SSSR count). The first-order chi connectivity index (χ1) is 6.34. The minimum absolute atomic E-state index is 0.105. The van der Waals surface area contributed by atoms with Crippen LogP contribution in [0.1, 0.15) is 5.56 Å². The summed E-state index contributed by atoms with van der Waals surface area (Å²) in [5.74, 6) is 0. The normalized spacial score (nSPS) is 11.3. The van der Waals surface area contributed by atoms with Gasteiger partial charge in [0.1, 0.15) is 0 Å². The Morgan fingerprint density at radius 2 is 2.00 bits per heavy atom. The van der Waals surface area contributed by atoms with E-state index in [0.717, 1.165) is 6.07 Å². The van der Waals surface area contributed by atoms with Crippen LogP contribution < -0.4 is 0 Å². The molecule has 0 unspecified atom stereocenters. The zero-order valence-electron chi connectivity index (χ0n) is 7.10. The van der Waals surface area contributed by atoms with E-state index in [1.165, 1.54) is 19.1 Å². The van der Waals surface area contributed by atoms with Gasteiger partial charge in [-0.1, -0.05) is 12.1 Å². The molecule has 76 valence electrons. The standard InChI is InChI=1S/C7H6FNO4S/c1-5-3-2-4-6(14(8,12)13)7(5)9(10)11/h2-4H,1H3. The summed E-state index contributed by atoms with van der Waals surface area (Å²) in [5.41, 5.74) is -0.608. The van der Waals surface area contributed by atoms with Crippen LogP contribution in [0.15, 0.2) is 23.1 Å². The molecule has 0 aliphatic carbocycles. The molecule has 0 aliphatic rings. The largest absolute Gasteiger partial charge is 0.338 e. The molecule has 1 aromatic carbocycles. The van der Waals surface area contributed by atoms with Gasteiger partial charge in [-0.2, -0.15) is 8.42 Å². The van der Waals surface area contributed by atoms with Gasteiger partial charge >= 0.3 is 10.2 Å². The molecule has 0 amide bonds. The average molecular weight is 219 g/mol. The fourth-order valence-electron chi connectivity index (χ4n) is 1.06. The van der Waals surface area contributed by atoms with E-state index in [9.17, 15) is 22.4 Å². The number of aryl methyl sites for hydroxylation is 1. The molecule has 0 saturated heterocycles. The zero-order chi connectivity index (χ0) is 10.9. The Morgan fingerprint density at radius 3 is 2.36 bits per heavy atom. The Labute approximate surface area is 79.5 Å². The van der Waals surface area contributed by atoms with Crippen LogP contribution >= 0.6 is 0 Å². The van der Waals surface area contributed by atoms with Gasteiger partial charge in [0.15, 0.2) is 4.90 Å². The third-order valence-corrected chi connectivity index (χ3v) is 2.50. The lowest BCUT2D eigenvalue weighted by Gasteiger charge is -2.00. The predicted octanol–water partition coefficient (Wildman–Crippen LogP) is 1.56. The molecule has 0 aromatic heterocycles. The van der Waals surface area contributed by atoms with Gasteiger partial charge in [0.25, 0.3) is 5.69 Å². The second-order valence-corrected chi connectivity index (χ2v) is 3.93. The number of benzene rings is 1. The van der Waals surface area contributed by atoms with Gasteiger partial charge in [0, 0.05) is 5.56 Å². The number of halogens is 1. The molecule has 0 heterocycles. The van der Waals surface area contributed by atoms with Crippen LogP contribution in [0.25, 0.3) is 0 Å². The molecule has 0 spiro atoms. The summed E-state index contributed by atoms with van der Waals surface area (Å²) >= 11 is 0. The third kappa shape index (κ3) is 1.87.